The van der Waals surface area contributed by atoms with Crippen molar-refractivity contribution in [2.24, 2.45) is 7.05 Å². The van der Waals surface area contributed by atoms with Gasteiger partial charge in [0.1, 0.15) is 17.2 Å². The van der Waals surface area contributed by atoms with Crippen LogP contribution >= 0.6 is 0 Å². The number of ether oxygens (including phenoxy) is 3. The van der Waals surface area contributed by atoms with Gasteiger partial charge in [-0.2, -0.15) is 5.10 Å². The highest BCUT2D eigenvalue weighted by atomic mass is 16.5. The van der Waals surface area contributed by atoms with E-state index in [1.807, 2.05) is 12.1 Å². The van der Waals surface area contributed by atoms with Crippen LogP contribution in [0.1, 0.15) is 10.5 Å². The van der Waals surface area contributed by atoms with Gasteiger partial charge in [-0.1, -0.05) is 0 Å². The number of hydrogen-bond acceptors (Lipinski definition) is 5. The van der Waals surface area contributed by atoms with Gasteiger partial charge in [-0.05, 0) is 18.2 Å². The van der Waals surface area contributed by atoms with Crippen molar-refractivity contribution in [1.29, 1.82) is 0 Å². The predicted octanol–water partition coefficient (Wildman–Crippen LogP) is 1.48. The second-order valence-corrected chi connectivity index (χ2v) is 4.85. The molecule has 0 saturated heterocycles. The SMILES string of the molecule is COCCNC(=O)c1cc(-c2ccc(OC)cc2OC)nn1C. The zero-order valence-electron chi connectivity index (χ0n) is 13.8. The molecule has 0 unspecified atom stereocenters. The van der Waals surface area contributed by atoms with Crippen molar-refractivity contribution in [2.45, 2.75) is 0 Å². The molecule has 0 radical (unpaired) electrons. The number of benzene rings is 1. The quantitative estimate of drug-likeness (QED) is 0.783. The van der Waals surface area contributed by atoms with E-state index in [0.29, 0.717) is 36.0 Å². The Morgan fingerprint density at radius 2 is 2.00 bits per heavy atom. The molecule has 0 aliphatic heterocycles. The minimum absolute atomic E-state index is 0.198. The monoisotopic (exact) mass is 319 g/mol. The normalized spacial score (nSPS) is 10.4. The van der Waals surface area contributed by atoms with Gasteiger partial charge in [0.25, 0.3) is 5.91 Å². The summed E-state index contributed by atoms with van der Waals surface area (Å²) < 4.78 is 17.0. The van der Waals surface area contributed by atoms with Gasteiger partial charge in [0.2, 0.25) is 0 Å². The molecular weight excluding hydrogens is 298 g/mol. The molecule has 0 fully saturated rings. The molecule has 1 aromatic heterocycles. The fourth-order valence-electron chi connectivity index (χ4n) is 2.18. The Balaban J connectivity index is 2.28. The molecule has 0 aliphatic carbocycles. The lowest BCUT2D eigenvalue weighted by Gasteiger charge is -2.08. The number of methoxy groups -OCH3 is 3. The highest BCUT2D eigenvalue weighted by molar-refractivity contribution is 5.93. The van der Waals surface area contributed by atoms with Gasteiger partial charge in [-0.15, -0.1) is 0 Å². The van der Waals surface area contributed by atoms with Gasteiger partial charge in [0.05, 0.1) is 26.5 Å². The molecule has 1 aromatic carbocycles. The van der Waals surface area contributed by atoms with E-state index in [2.05, 4.69) is 10.4 Å². The van der Waals surface area contributed by atoms with E-state index in [4.69, 9.17) is 14.2 Å². The molecule has 2 rings (SSSR count). The van der Waals surface area contributed by atoms with Gasteiger partial charge in [-0.3, -0.25) is 9.48 Å². The van der Waals surface area contributed by atoms with Gasteiger partial charge < -0.3 is 19.5 Å². The minimum atomic E-state index is -0.198. The molecule has 0 atom stereocenters. The van der Waals surface area contributed by atoms with Gasteiger partial charge in [0, 0.05) is 32.3 Å². The molecule has 0 spiro atoms. The standard InChI is InChI=1S/C16H21N3O4/c1-19-14(16(20)17-7-8-21-2)10-13(18-19)12-6-5-11(22-3)9-15(12)23-4/h5-6,9-10H,7-8H2,1-4H3,(H,17,20). The Hall–Kier alpha value is -2.54. The first-order valence-electron chi connectivity index (χ1n) is 7.14. The van der Waals surface area contributed by atoms with Crippen LogP contribution in [0.3, 0.4) is 0 Å². The molecular formula is C16H21N3O4. The Morgan fingerprint density at radius 3 is 2.65 bits per heavy atom. The van der Waals surface area contributed by atoms with Crippen LogP contribution in [-0.4, -0.2) is 50.2 Å². The summed E-state index contributed by atoms with van der Waals surface area (Å²) in [5.74, 6) is 1.13. The molecule has 7 heteroatoms. The lowest BCUT2D eigenvalue weighted by molar-refractivity contribution is 0.0927. The molecule has 7 nitrogen and oxygen atoms in total. The number of nitrogens with one attached hydrogen (secondary N) is 1. The van der Waals surface area contributed by atoms with Crippen molar-refractivity contribution in [1.82, 2.24) is 15.1 Å². The maximum absolute atomic E-state index is 12.2. The number of hydrogen-bond donors (Lipinski definition) is 1. The number of carbonyl (C=O) groups excluding carboxylic acids is 1. The maximum Gasteiger partial charge on any atom is 0.269 e. The lowest BCUT2D eigenvalue weighted by atomic mass is 10.1. The molecule has 0 saturated carbocycles. The van der Waals surface area contributed by atoms with Crippen LogP contribution in [0.4, 0.5) is 0 Å². The van der Waals surface area contributed by atoms with E-state index in [-0.39, 0.29) is 5.91 Å². The highest BCUT2D eigenvalue weighted by Gasteiger charge is 2.16. The molecule has 1 heterocycles. The van der Waals surface area contributed by atoms with E-state index in [9.17, 15) is 4.79 Å². The number of carbonyl (C=O) groups is 1. The number of aromatic nitrogens is 2. The van der Waals surface area contributed by atoms with Crippen LogP contribution < -0.4 is 14.8 Å². The first-order chi connectivity index (χ1) is 11.1. The second-order valence-electron chi connectivity index (χ2n) is 4.85. The molecule has 0 bridgehead atoms. The van der Waals surface area contributed by atoms with Crippen molar-refractivity contribution in [3.05, 3.63) is 30.0 Å². The average Bonchev–Trinajstić information content (AvgIpc) is 2.96. The summed E-state index contributed by atoms with van der Waals surface area (Å²) in [6, 6.07) is 7.19. The van der Waals surface area contributed by atoms with Gasteiger partial charge >= 0.3 is 0 Å². The molecule has 0 aliphatic rings. The van der Waals surface area contributed by atoms with Crippen LogP contribution in [-0.2, 0) is 11.8 Å². The summed E-state index contributed by atoms with van der Waals surface area (Å²) in [4.78, 5) is 12.2. The van der Waals surface area contributed by atoms with E-state index >= 15 is 0 Å². The number of amides is 1. The summed E-state index contributed by atoms with van der Waals surface area (Å²) >= 11 is 0. The van der Waals surface area contributed by atoms with Crippen molar-refractivity contribution in [3.63, 3.8) is 0 Å². The van der Waals surface area contributed by atoms with Crippen LogP contribution in [0.2, 0.25) is 0 Å². The Bertz CT molecular complexity index is 682. The zero-order valence-corrected chi connectivity index (χ0v) is 13.8. The maximum atomic E-state index is 12.2. The topological polar surface area (TPSA) is 74.6 Å². The fraction of sp³-hybridized carbons (Fsp3) is 0.375. The first kappa shape index (κ1) is 16.8. The fourth-order valence-corrected chi connectivity index (χ4v) is 2.18. The molecule has 2 aromatic rings. The summed E-state index contributed by atoms with van der Waals surface area (Å²) in [7, 11) is 6.49. The number of aryl methyl sites for hydroxylation is 1. The third kappa shape index (κ3) is 3.81. The summed E-state index contributed by atoms with van der Waals surface area (Å²) in [6.07, 6.45) is 0. The summed E-state index contributed by atoms with van der Waals surface area (Å²) in [6.45, 7) is 0.907. The smallest absolute Gasteiger partial charge is 0.269 e. The van der Waals surface area contributed by atoms with Crippen molar-refractivity contribution in [3.8, 4) is 22.8 Å². The third-order valence-electron chi connectivity index (χ3n) is 3.39. The van der Waals surface area contributed by atoms with E-state index < -0.39 is 0 Å². The summed E-state index contributed by atoms with van der Waals surface area (Å²) in [5, 5.41) is 7.17. The van der Waals surface area contributed by atoms with Crippen LogP contribution in [0.5, 0.6) is 11.5 Å². The number of rotatable bonds is 7. The van der Waals surface area contributed by atoms with Crippen molar-refractivity contribution in [2.75, 3.05) is 34.5 Å². The third-order valence-corrected chi connectivity index (χ3v) is 3.39. The Kier molecular flexibility index (Phi) is 5.59. The molecule has 23 heavy (non-hydrogen) atoms. The van der Waals surface area contributed by atoms with E-state index in [0.717, 1.165) is 5.56 Å². The van der Waals surface area contributed by atoms with Crippen LogP contribution in [0, 0.1) is 0 Å². The summed E-state index contributed by atoms with van der Waals surface area (Å²) in [5.41, 5.74) is 1.91. The number of nitrogens with zero attached hydrogens (tertiary/aromatic N) is 2. The Morgan fingerprint density at radius 1 is 1.22 bits per heavy atom. The highest BCUT2D eigenvalue weighted by Crippen LogP contribution is 2.32. The predicted molar refractivity (Wildman–Crippen MR) is 86.0 cm³/mol. The average molecular weight is 319 g/mol. The van der Waals surface area contributed by atoms with Gasteiger partial charge in [0.15, 0.2) is 0 Å². The van der Waals surface area contributed by atoms with E-state index in [1.54, 1.807) is 45.2 Å². The largest absolute Gasteiger partial charge is 0.497 e. The molecule has 124 valence electrons. The minimum Gasteiger partial charge on any atom is -0.497 e. The van der Waals surface area contributed by atoms with Crippen LogP contribution in [0.25, 0.3) is 11.3 Å². The second kappa shape index (κ2) is 7.64. The first-order valence-corrected chi connectivity index (χ1v) is 7.14. The van der Waals surface area contributed by atoms with E-state index in [1.165, 1.54) is 0 Å². The molecule has 1 N–H and O–H groups in total. The zero-order chi connectivity index (χ0) is 16.8. The van der Waals surface area contributed by atoms with Gasteiger partial charge in [-0.25, -0.2) is 0 Å². The molecule has 1 amide bonds. The lowest BCUT2D eigenvalue weighted by Crippen LogP contribution is -2.28. The van der Waals surface area contributed by atoms with Crippen molar-refractivity contribution >= 4 is 5.91 Å². The van der Waals surface area contributed by atoms with Crippen LogP contribution in [0.15, 0.2) is 24.3 Å². The van der Waals surface area contributed by atoms with Crippen molar-refractivity contribution < 1.29 is 19.0 Å². The Labute approximate surface area is 135 Å².